The minimum atomic E-state index is -2.22. The second-order valence-electron chi connectivity index (χ2n) is 18.2. The van der Waals surface area contributed by atoms with Gasteiger partial charge < -0.3 is 34.3 Å². The number of hydrazine groups is 1. The van der Waals surface area contributed by atoms with E-state index < -0.39 is 52.0 Å². The lowest BCUT2D eigenvalue weighted by Gasteiger charge is -2.69. The Morgan fingerprint density at radius 3 is 2.50 bits per heavy atom. The van der Waals surface area contributed by atoms with Gasteiger partial charge in [0, 0.05) is 104 Å². The zero-order chi connectivity index (χ0) is 42.9. The molecule has 1 saturated carbocycles. The Morgan fingerprint density at radius 2 is 1.82 bits per heavy atom. The molecule has 5 aliphatic rings. The molecule has 2 aromatic carbocycles. The number of fused-ring (bicyclic) bond motifs is 4. The van der Waals surface area contributed by atoms with Crippen LogP contribution in [0.1, 0.15) is 77.1 Å². The van der Waals surface area contributed by atoms with Crippen LogP contribution in [0.15, 0.2) is 54.6 Å². The van der Waals surface area contributed by atoms with E-state index in [4.69, 9.17) is 14.2 Å². The fourth-order valence-corrected chi connectivity index (χ4v) is 12.0. The summed E-state index contributed by atoms with van der Waals surface area (Å²) in [4.78, 5) is 52.7. The van der Waals surface area contributed by atoms with Gasteiger partial charge in [0.05, 0.1) is 25.9 Å². The summed E-state index contributed by atoms with van der Waals surface area (Å²) in [6, 6.07) is 12.5. The molecule has 14 heteroatoms. The summed E-state index contributed by atoms with van der Waals surface area (Å²) in [7, 11) is 4.84. The number of benzene rings is 2. The van der Waals surface area contributed by atoms with E-state index in [1.807, 2.05) is 88.2 Å². The van der Waals surface area contributed by atoms with Crippen molar-refractivity contribution in [2.45, 2.75) is 114 Å². The number of carbonyl (C=O) groups excluding carboxylic acids is 3. The van der Waals surface area contributed by atoms with Crippen molar-refractivity contribution in [3.05, 3.63) is 71.4 Å². The van der Waals surface area contributed by atoms with Crippen LogP contribution < -0.4 is 20.5 Å². The molecule has 0 spiro atoms. The van der Waals surface area contributed by atoms with Gasteiger partial charge in [-0.15, -0.1) is 0 Å². The number of hydrogen-bond donors (Lipinski definition) is 5. The van der Waals surface area contributed by atoms with Crippen LogP contribution in [-0.4, -0.2) is 132 Å². The molecule has 2 saturated heterocycles. The van der Waals surface area contributed by atoms with Crippen molar-refractivity contribution in [3.8, 4) is 5.75 Å². The average Bonchev–Trinajstić information content (AvgIpc) is 3.76. The largest absolute Gasteiger partial charge is 0.496 e. The van der Waals surface area contributed by atoms with Gasteiger partial charge in [-0.25, -0.2) is 5.43 Å². The van der Waals surface area contributed by atoms with Gasteiger partial charge in [0.1, 0.15) is 11.2 Å². The number of likely N-dealkylation sites (N-methyl/N-ethyl adjacent to an activating group) is 1. The van der Waals surface area contributed by atoms with Crippen molar-refractivity contribution in [2.75, 3.05) is 52.3 Å². The molecule has 1 aliphatic carbocycles. The Hall–Kier alpha value is -4.47. The second kappa shape index (κ2) is 15.5. The predicted molar refractivity (Wildman–Crippen MR) is 227 cm³/mol. The number of rotatable bonds is 11. The lowest BCUT2D eigenvalue weighted by atomic mass is 9.50. The van der Waals surface area contributed by atoms with E-state index in [0.29, 0.717) is 68.7 Å². The summed E-state index contributed by atoms with van der Waals surface area (Å²) >= 11 is 0. The highest BCUT2D eigenvalue weighted by molar-refractivity contribution is 5.94. The molecule has 60 heavy (non-hydrogen) atoms. The minimum absolute atomic E-state index is 0.106. The van der Waals surface area contributed by atoms with Crippen LogP contribution in [0.3, 0.4) is 0 Å². The Balaban J connectivity index is 1.29. The van der Waals surface area contributed by atoms with Crippen LogP contribution in [0.2, 0.25) is 0 Å². The molecule has 3 unspecified atom stereocenters. The molecule has 324 valence electrons. The van der Waals surface area contributed by atoms with Gasteiger partial charge in [-0.05, 0) is 63.6 Å². The number of nitrogens with one attached hydrogen (secondary N) is 3. The van der Waals surface area contributed by atoms with Gasteiger partial charge in [-0.1, -0.05) is 50.3 Å². The molecule has 0 bridgehead atoms. The number of esters is 2. The highest BCUT2D eigenvalue weighted by Gasteiger charge is 2.74. The number of hydrogen-bond acceptors (Lipinski definition) is 12. The van der Waals surface area contributed by atoms with E-state index >= 15 is 0 Å². The molecule has 3 aromatic rings. The number of ether oxygens (including phenoxy) is 3. The molecule has 1 amide bonds. The quantitative estimate of drug-likeness (QED) is 0.109. The molecule has 3 fully saturated rings. The summed E-state index contributed by atoms with van der Waals surface area (Å²) in [6.45, 7) is 11.7. The summed E-state index contributed by atoms with van der Waals surface area (Å²) < 4.78 is 18.2. The molecule has 5 N–H and O–H groups in total. The van der Waals surface area contributed by atoms with Crippen molar-refractivity contribution in [1.29, 1.82) is 0 Å². The lowest BCUT2D eigenvalue weighted by Crippen LogP contribution is -2.86. The van der Waals surface area contributed by atoms with Crippen LogP contribution >= 0.6 is 0 Å². The maximum absolute atomic E-state index is 14.9. The number of nitrogens with zero attached hydrogens (tertiary/aromatic N) is 3. The number of aromatic amines is 1. The van der Waals surface area contributed by atoms with E-state index in [0.717, 1.165) is 28.7 Å². The van der Waals surface area contributed by atoms with E-state index in [9.17, 15) is 24.6 Å². The smallest absolute Gasteiger partial charge is 0.322 e. The van der Waals surface area contributed by atoms with Crippen molar-refractivity contribution < 1.29 is 38.8 Å². The van der Waals surface area contributed by atoms with Crippen LogP contribution in [-0.2, 0) is 35.7 Å². The molecule has 14 nitrogen and oxygen atoms in total. The first-order valence-electron chi connectivity index (χ1n) is 21.6. The van der Waals surface area contributed by atoms with E-state index in [1.54, 1.807) is 7.11 Å². The number of aromatic nitrogens is 1. The van der Waals surface area contributed by atoms with E-state index in [1.165, 1.54) is 14.0 Å². The number of amides is 1. The normalized spacial score (nSPS) is 33.5. The zero-order valence-corrected chi connectivity index (χ0v) is 36.2. The Labute approximate surface area is 352 Å². The first kappa shape index (κ1) is 42.2. The van der Waals surface area contributed by atoms with Crippen LogP contribution in [0.25, 0.3) is 10.9 Å². The van der Waals surface area contributed by atoms with E-state index in [2.05, 4.69) is 31.7 Å². The SMILES string of the molecule is CC[C@]1(O)CC2C[C@](C(=O)OC)(c3ccc(N(C)C4[C@H]5CN6CC=C[C@](CC)(C56)[C@@H](OC(C)=O)[C@]4(O)C(=O)NNC(C)C)cc3OC)c3[nH]c4ccccc4c3CCN2C1. The third kappa shape index (κ3) is 6.27. The van der Waals surface area contributed by atoms with Gasteiger partial charge in [-0.3, -0.25) is 29.6 Å². The van der Waals surface area contributed by atoms with Gasteiger partial charge in [-0.2, -0.15) is 0 Å². The standard InChI is InChI=1S/C46H62N6O8/c1-9-43(56)23-30-24-45(42(55)59-8,37-32(18-21-52(30)26-43)31-14-11-12-15-35(31)47-37)34-17-16-29(22-36(34)58-7)50(6)39-33-25-51-20-13-19-44(10-2,38(33)51)40(60-28(5)53)46(39,57)41(54)49-48-27(3)4/h11-17,19,22,27,30,33,38-40,47-48,56-57H,9-10,18,20-21,23-26H2,1-8H3,(H,49,54)/t30?,33-,38?,39?,40+,43-,44+,45-,46-/m0/s1. The van der Waals surface area contributed by atoms with Gasteiger partial charge in [0.25, 0.3) is 5.91 Å². The summed E-state index contributed by atoms with van der Waals surface area (Å²) in [6.07, 6.45) is 5.49. The first-order valence-corrected chi connectivity index (χ1v) is 21.6. The van der Waals surface area contributed by atoms with Crippen LogP contribution in [0, 0.1) is 11.3 Å². The molecule has 5 heterocycles. The summed E-state index contributed by atoms with van der Waals surface area (Å²) in [5, 5.41) is 25.9. The monoisotopic (exact) mass is 826 g/mol. The van der Waals surface area contributed by atoms with Gasteiger partial charge >= 0.3 is 11.9 Å². The van der Waals surface area contributed by atoms with Gasteiger partial charge in [0.15, 0.2) is 6.10 Å². The second-order valence-corrected chi connectivity index (χ2v) is 18.2. The van der Waals surface area contributed by atoms with Crippen molar-refractivity contribution in [3.63, 3.8) is 0 Å². The number of aliphatic hydroxyl groups is 2. The topological polar surface area (TPSA) is 169 Å². The number of para-hydroxylation sites is 1. The van der Waals surface area contributed by atoms with Crippen molar-refractivity contribution >= 4 is 34.4 Å². The van der Waals surface area contributed by atoms with Gasteiger partial charge in [0.2, 0.25) is 5.60 Å². The zero-order valence-electron chi connectivity index (χ0n) is 36.2. The minimum Gasteiger partial charge on any atom is -0.496 e. The Kier molecular flexibility index (Phi) is 10.9. The Morgan fingerprint density at radius 1 is 1.05 bits per heavy atom. The molecule has 1 aromatic heterocycles. The van der Waals surface area contributed by atoms with Crippen LogP contribution in [0.5, 0.6) is 5.75 Å². The third-order valence-corrected chi connectivity index (χ3v) is 14.8. The van der Waals surface area contributed by atoms with Crippen LogP contribution in [0.4, 0.5) is 5.69 Å². The lowest BCUT2D eigenvalue weighted by molar-refractivity contribution is -0.244. The molecule has 8 rings (SSSR count). The molecular formula is C46H62N6O8. The maximum atomic E-state index is 14.9. The van der Waals surface area contributed by atoms with Crippen molar-refractivity contribution in [2.24, 2.45) is 11.3 Å². The average molecular weight is 827 g/mol. The number of carbonyl (C=O) groups is 3. The molecule has 9 atom stereocenters. The summed E-state index contributed by atoms with van der Waals surface area (Å²) in [5.74, 6) is -1.50. The number of H-pyrrole nitrogens is 1. The highest BCUT2D eigenvalue weighted by atomic mass is 16.6. The number of methoxy groups -OCH3 is 2. The highest BCUT2D eigenvalue weighted by Crippen LogP contribution is 2.59. The molecule has 4 aliphatic heterocycles. The first-order chi connectivity index (χ1) is 28.6. The van der Waals surface area contributed by atoms with Crippen molar-refractivity contribution in [1.82, 2.24) is 25.6 Å². The molecule has 0 radical (unpaired) electrons. The Bertz CT molecular complexity index is 2190. The summed E-state index contributed by atoms with van der Waals surface area (Å²) in [5.41, 5.74) is 4.36. The maximum Gasteiger partial charge on any atom is 0.322 e. The third-order valence-electron chi connectivity index (χ3n) is 14.8. The fourth-order valence-electron chi connectivity index (χ4n) is 12.0. The van der Waals surface area contributed by atoms with E-state index in [-0.39, 0.29) is 24.0 Å². The fraction of sp³-hybridized carbons (Fsp3) is 0.587. The predicted octanol–water partition coefficient (Wildman–Crippen LogP) is 3.57. The number of anilines is 1. The molecular weight excluding hydrogens is 765 g/mol.